The monoisotopic (exact) mass is 290 g/mol. The third-order valence-corrected chi connectivity index (χ3v) is 9.69. The Balaban J connectivity index is 2.01. The van der Waals surface area contributed by atoms with E-state index in [4.69, 9.17) is 4.43 Å². The van der Waals surface area contributed by atoms with Crippen molar-refractivity contribution in [1.82, 2.24) is 0 Å². The summed E-state index contributed by atoms with van der Waals surface area (Å²) >= 11 is 0. The minimum atomic E-state index is -1.63. The molecule has 1 aliphatic carbocycles. The SMILES string of the molecule is CC(C)(C)[Si](C)(C)O[C@H]1CCC[C@@H]1Cc1ccccc1. The first-order valence-corrected chi connectivity index (χ1v) is 10.9. The summed E-state index contributed by atoms with van der Waals surface area (Å²) in [7, 11) is -1.63. The summed E-state index contributed by atoms with van der Waals surface area (Å²) in [6.45, 7) is 11.8. The highest BCUT2D eigenvalue weighted by Gasteiger charge is 2.41. The van der Waals surface area contributed by atoms with Crippen LogP contribution >= 0.6 is 0 Å². The fourth-order valence-electron chi connectivity index (χ4n) is 2.86. The van der Waals surface area contributed by atoms with Crippen LogP contribution < -0.4 is 0 Å². The lowest BCUT2D eigenvalue weighted by Gasteiger charge is -2.40. The Morgan fingerprint density at radius 3 is 2.35 bits per heavy atom. The minimum absolute atomic E-state index is 0.312. The molecule has 1 aromatic rings. The summed E-state index contributed by atoms with van der Waals surface area (Å²) in [4.78, 5) is 0. The van der Waals surface area contributed by atoms with E-state index in [-0.39, 0.29) is 0 Å². The second kappa shape index (κ2) is 6.03. The molecule has 1 saturated carbocycles. The van der Waals surface area contributed by atoms with E-state index in [0.29, 0.717) is 17.1 Å². The van der Waals surface area contributed by atoms with Gasteiger partial charge in [-0.1, -0.05) is 57.5 Å². The third-order valence-electron chi connectivity index (χ3n) is 5.18. The number of hydrogen-bond acceptors (Lipinski definition) is 1. The molecule has 1 aliphatic rings. The molecule has 112 valence electrons. The predicted octanol–water partition coefficient (Wildman–Crippen LogP) is 5.42. The van der Waals surface area contributed by atoms with Crippen molar-refractivity contribution in [2.24, 2.45) is 5.92 Å². The lowest BCUT2D eigenvalue weighted by molar-refractivity contribution is 0.140. The zero-order valence-corrected chi connectivity index (χ0v) is 14.8. The van der Waals surface area contributed by atoms with Crippen molar-refractivity contribution in [2.75, 3.05) is 0 Å². The standard InChI is InChI=1S/C18H30OSi/c1-18(2,3)20(4,5)19-17-13-9-12-16(17)14-15-10-7-6-8-11-15/h6-8,10-11,16-17H,9,12-14H2,1-5H3/t16-,17+/m1/s1. The first kappa shape index (κ1) is 15.8. The van der Waals surface area contributed by atoms with Crippen LogP contribution in [0.1, 0.15) is 45.6 Å². The van der Waals surface area contributed by atoms with Crippen molar-refractivity contribution < 1.29 is 4.43 Å². The molecule has 0 aliphatic heterocycles. The van der Waals surface area contributed by atoms with E-state index < -0.39 is 8.32 Å². The summed E-state index contributed by atoms with van der Waals surface area (Å²) < 4.78 is 6.69. The molecule has 0 heterocycles. The van der Waals surface area contributed by atoms with Crippen molar-refractivity contribution >= 4 is 8.32 Å². The van der Waals surface area contributed by atoms with Crippen molar-refractivity contribution in [2.45, 2.75) is 70.7 Å². The van der Waals surface area contributed by atoms with Gasteiger partial charge in [-0.05, 0) is 48.9 Å². The Morgan fingerprint density at radius 1 is 1.10 bits per heavy atom. The van der Waals surface area contributed by atoms with Gasteiger partial charge in [-0.2, -0.15) is 0 Å². The molecular formula is C18H30OSi. The van der Waals surface area contributed by atoms with Gasteiger partial charge in [-0.3, -0.25) is 0 Å². The zero-order chi connectivity index (χ0) is 14.8. The van der Waals surface area contributed by atoms with Gasteiger partial charge in [0.1, 0.15) is 0 Å². The molecule has 20 heavy (non-hydrogen) atoms. The fourth-order valence-corrected chi connectivity index (χ4v) is 4.28. The van der Waals surface area contributed by atoms with Gasteiger partial charge in [0.15, 0.2) is 8.32 Å². The molecule has 0 saturated heterocycles. The zero-order valence-electron chi connectivity index (χ0n) is 13.8. The van der Waals surface area contributed by atoms with Crippen LogP contribution in [0.15, 0.2) is 30.3 Å². The number of rotatable bonds is 4. The topological polar surface area (TPSA) is 9.23 Å². The van der Waals surface area contributed by atoms with Crippen LogP contribution in [0.25, 0.3) is 0 Å². The first-order chi connectivity index (χ1) is 9.29. The van der Waals surface area contributed by atoms with E-state index in [9.17, 15) is 0 Å². The Labute approximate surface area is 125 Å². The highest BCUT2D eigenvalue weighted by Crippen LogP contribution is 2.41. The lowest BCUT2D eigenvalue weighted by Crippen LogP contribution is -2.45. The van der Waals surface area contributed by atoms with Gasteiger partial charge in [0.2, 0.25) is 0 Å². The van der Waals surface area contributed by atoms with Crippen LogP contribution in [0.3, 0.4) is 0 Å². The molecule has 1 aromatic carbocycles. The maximum Gasteiger partial charge on any atom is 0.192 e. The Hall–Kier alpha value is -0.603. The highest BCUT2D eigenvalue weighted by atomic mass is 28.4. The Bertz CT molecular complexity index is 419. The molecule has 0 unspecified atom stereocenters. The van der Waals surface area contributed by atoms with Gasteiger partial charge in [-0.25, -0.2) is 0 Å². The van der Waals surface area contributed by atoms with Crippen molar-refractivity contribution in [3.05, 3.63) is 35.9 Å². The average molecular weight is 291 g/mol. The highest BCUT2D eigenvalue weighted by molar-refractivity contribution is 6.74. The van der Waals surface area contributed by atoms with Gasteiger partial charge in [0, 0.05) is 6.10 Å². The molecule has 2 atom stereocenters. The summed E-state index contributed by atoms with van der Waals surface area (Å²) in [6.07, 6.45) is 5.57. The summed E-state index contributed by atoms with van der Waals surface area (Å²) in [5, 5.41) is 0.312. The number of hydrogen-bond donors (Lipinski definition) is 0. The fraction of sp³-hybridized carbons (Fsp3) is 0.667. The second-order valence-corrected chi connectivity index (χ2v) is 12.6. The molecule has 0 spiro atoms. The molecule has 1 nitrogen and oxygen atoms in total. The normalized spacial score (nSPS) is 24.1. The van der Waals surface area contributed by atoms with Gasteiger partial charge in [0.05, 0.1) is 0 Å². The molecule has 0 amide bonds. The number of benzene rings is 1. The van der Waals surface area contributed by atoms with Crippen LogP contribution in [-0.2, 0) is 10.8 Å². The van der Waals surface area contributed by atoms with Crippen molar-refractivity contribution in [3.8, 4) is 0 Å². The largest absolute Gasteiger partial charge is 0.414 e. The van der Waals surface area contributed by atoms with E-state index in [1.54, 1.807) is 0 Å². The van der Waals surface area contributed by atoms with E-state index in [1.165, 1.54) is 31.2 Å². The molecule has 2 heteroatoms. The maximum absolute atomic E-state index is 6.69. The predicted molar refractivity (Wildman–Crippen MR) is 89.6 cm³/mol. The minimum Gasteiger partial charge on any atom is -0.414 e. The van der Waals surface area contributed by atoms with Gasteiger partial charge >= 0.3 is 0 Å². The summed E-state index contributed by atoms with van der Waals surface area (Å²) in [6, 6.07) is 10.9. The molecule has 0 aromatic heterocycles. The van der Waals surface area contributed by atoms with Crippen LogP contribution in [0.4, 0.5) is 0 Å². The summed E-state index contributed by atoms with van der Waals surface area (Å²) in [5.74, 6) is 0.714. The molecule has 0 radical (unpaired) electrons. The smallest absolute Gasteiger partial charge is 0.192 e. The summed E-state index contributed by atoms with van der Waals surface area (Å²) in [5.41, 5.74) is 1.46. The van der Waals surface area contributed by atoms with Crippen molar-refractivity contribution in [3.63, 3.8) is 0 Å². The molecule has 2 rings (SSSR count). The first-order valence-electron chi connectivity index (χ1n) is 8.01. The molecule has 0 N–H and O–H groups in total. The van der Waals surface area contributed by atoms with Gasteiger partial charge in [-0.15, -0.1) is 0 Å². The Morgan fingerprint density at radius 2 is 1.75 bits per heavy atom. The van der Waals surface area contributed by atoms with E-state index in [2.05, 4.69) is 64.2 Å². The average Bonchev–Trinajstić information content (AvgIpc) is 2.76. The van der Waals surface area contributed by atoms with E-state index in [0.717, 1.165) is 0 Å². The van der Waals surface area contributed by atoms with Gasteiger partial charge < -0.3 is 4.43 Å². The van der Waals surface area contributed by atoms with Crippen LogP contribution in [0.5, 0.6) is 0 Å². The lowest BCUT2D eigenvalue weighted by atomic mass is 9.96. The third kappa shape index (κ3) is 3.73. The quantitative estimate of drug-likeness (QED) is 0.673. The van der Waals surface area contributed by atoms with Crippen LogP contribution in [0.2, 0.25) is 18.1 Å². The van der Waals surface area contributed by atoms with Crippen LogP contribution in [0, 0.1) is 5.92 Å². The second-order valence-electron chi connectivity index (χ2n) is 7.80. The molecular weight excluding hydrogens is 260 g/mol. The molecule has 1 fully saturated rings. The maximum atomic E-state index is 6.69. The van der Waals surface area contributed by atoms with Crippen LogP contribution in [-0.4, -0.2) is 14.4 Å². The Kier molecular flexibility index (Phi) is 4.75. The van der Waals surface area contributed by atoms with Gasteiger partial charge in [0.25, 0.3) is 0 Å². The van der Waals surface area contributed by atoms with Crippen molar-refractivity contribution in [1.29, 1.82) is 0 Å². The van der Waals surface area contributed by atoms with E-state index in [1.807, 2.05) is 0 Å². The molecule has 0 bridgehead atoms. The van der Waals surface area contributed by atoms with E-state index >= 15 is 0 Å².